The van der Waals surface area contributed by atoms with Crippen LogP contribution in [0.15, 0.2) is 24.3 Å². The van der Waals surface area contributed by atoms with Gasteiger partial charge in [0.25, 0.3) is 0 Å². The summed E-state index contributed by atoms with van der Waals surface area (Å²) >= 11 is 5.92. The van der Waals surface area contributed by atoms with Gasteiger partial charge in [0.05, 0.1) is 6.54 Å². The summed E-state index contributed by atoms with van der Waals surface area (Å²) in [6, 6.07) is 7.74. The Morgan fingerprint density at radius 2 is 2.05 bits per heavy atom. The molecule has 1 aromatic carbocycles. The van der Waals surface area contributed by atoms with E-state index < -0.39 is 0 Å². The fourth-order valence-corrected chi connectivity index (χ4v) is 3.17. The fourth-order valence-electron chi connectivity index (χ4n) is 3.05. The van der Waals surface area contributed by atoms with Crippen LogP contribution in [0.4, 0.5) is 4.79 Å². The fraction of sp³-hybridized carbons (Fsp3) is 0.467. The van der Waals surface area contributed by atoms with Crippen LogP contribution in [-0.4, -0.2) is 47.9 Å². The van der Waals surface area contributed by atoms with Crippen LogP contribution in [0.3, 0.4) is 0 Å². The number of nitrogens with one attached hydrogen (secondary N) is 1. The highest BCUT2D eigenvalue weighted by Gasteiger charge is 2.32. The van der Waals surface area contributed by atoms with E-state index in [9.17, 15) is 9.59 Å². The SMILES string of the molecule is O=C(CN1CCC[C@@H]1c1ccc(Cl)cc1)N1CCNC1=O. The van der Waals surface area contributed by atoms with Crippen LogP contribution >= 0.6 is 11.6 Å². The summed E-state index contributed by atoms with van der Waals surface area (Å²) in [5.74, 6) is -0.120. The van der Waals surface area contributed by atoms with E-state index in [1.807, 2.05) is 24.3 Å². The number of benzene rings is 1. The Hall–Kier alpha value is -1.59. The first-order valence-corrected chi connectivity index (χ1v) is 7.60. The zero-order chi connectivity index (χ0) is 14.8. The molecule has 0 saturated carbocycles. The second-order valence-electron chi connectivity index (χ2n) is 5.46. The number of halogens is 1. The zero-order valence-electron chi connectivity index (χ0n) is 11.7. The van der Waals surface area contributed by atoms with Crippen LogP contribution in [0.25, 0.3) is 0 Å². The Morgan fingerprint density at radius 3 is 2.71 bits per heavy atom. The lowest BCUT2D eigenvalue weighted by Gasteiger charge is -2.25. The molecule has 0 aliphatic carbocycles. The molecule has 0 bridgehead atoms. The molecule has 0 radical (unpaired) electrons. The first kappa shape index (κ1) is 14.4. The molecule has 5 nitrogen and oxygen atoms in total. The highest BCUT2D eigenvalue weighted by atomic mass is 35.5. The average Bonchev–Trinajstić information content (AvgIpc) is 3.09. The lowest BCUT2D eigenvalue weighted by molar-refractivity contribution is -0.129. The van der Waals surface area contributed by atoms with Gasteiger partial charge >= 0.3 is 6.03 Å². The van der Waals surface area contributed by atoms with E-state index in [0.717, 1.165) is 19.4 Å². The molecule has 1 atom stereocenters. The molecule has 2 aliphatic rings. The Balaban J connectivity index is 1.68. The van der Waals surface area contributed by atoms with E-state index >= 15 is 0 Å². The van der Waals surface area contributed by atoms with Crippen LogP contribution < -0.4 is 5.32 Å². The van der Waals surface area contributed by atoms with Gasteiger partial charge in [0.1, 0.15) is 0 Å². The van der Waals surface area contributed by atoms with E-state index in [4.69, 9.17) is 11.6 Å². The highest BCUT2D eigenvalue weighted by Crippen LogP contribution is 2.32. The third kappa shape index (κ3) is 3.04. The normalized spacial score (nSPS) is 22.6. The number of likely N-dealkylation sites (tertiary alicyclic amines) is 1. The van der Waals surface area contributed by atoms with Crippen LogP contribution in [0.2, 0.25) is 5.02 Å². The van der Waals surface area contributed by atoms with Crippen LogP contribution in [-0.2, 0) is 4.79 Å². The van der Waals surface area contributed by atoms with Crippen molar-refractivity contribution in [3.05, 3.63) is 34.9 Å². The van der Waals surface area contributed by atoms with E-state index in [2.05, 4.69) is 10.2 Å². The molecule has 0 aromatic heterocycles. The highest BCUT2D eigenvalue weighted by molar-refractivity contribution is 6.30. The van der Waals surface area contributed by atoms with Gasteiger partial charge in [0, 0.05) is 24.2 Å². The van der Waals surface area contributed by atoms with Crippen LogP contribution in [0, 0.1) is 0 Å². The van der Waals surface area contributed by atoms with Crippen LogP contribution in [0.5, 0.6) is 0 Å². The quantitative estimate of drug-likeness (QED) is 0.929. The molecule has 0 unspecified atom stereocenters. The number of carbonyl (C=O) groups is 2. The van der Waals surface area contributed by atoms with E-state index in [1.54, 1.807) is 0 Å². The number of carbonyl (C=O) groups excluding carboxylic acids is 2. The Bertz CT molecular complexity index is 546. The number of rotatable bonds is 3. The summed E-state index contributed by atoms with van der Waals surface area (Å²) < 4.78 is 0. The van der Waals surface area contributed by atoms with Gasteiger partial charge in [-0.25, -0.2) is 4.79 Å². The van der Waals surface area contributed by atoms with Crippen molar-refractivity contribution in [2.75, 3.05) is 26.2 Å². The van der Waals surface area contributed by atoms with Crippen molar-refractivity contribution < 1.29 is 9.59 Å². The van der Waals surface area contributed by atoms with Crippen molar-refractivity contribution >= 4 is 23.5 Å². The molecular weight excluding hydrogens is 290 g/mol. The molecule has 112 valence electrons. The second kappa shape index (κ2) is 6.03. The third-order valence-electron chi connectivity index (χ3n) is 4.11. The molecule has 2 saturated heterocycles. The maximum Gasteiger partial charge on any atom is 0.324 e. The molecule has 1 aromatic rings. The molecule has 2 fully saturated rings. The number of hydrogen-bond donors (Lipinski definition) is 1. The number of amides is 3. The van der Waals surface area contributed by atoms with Gasteiger partial charge < -0.3 is 5.32 Å². The molecular formula is C15H18ClN3O2. The Kier molecular flexibility index (Phi) is 4.12. The minimum Gasteiger partial charge on any atom is -0.336 e. The van der Waals surface area contributed by atoms with Gasteiger partial charge in [-0.3, -0.25) is 14.6 Å². The van der Waals surface area contributed by atoms with E-state index in [-0.39, 0.29) is 18.0 Å². The van der Waals surface area contributed by atoms with Crippen molar-refractivity contribution in [1.29, 1.82) is 0 Å². The zero-order valence-corrected chi connectivity index (χ0v) is 12.5. The van der Waals surface area contributed by atoms with Gasteiger partial charge in [-0.1, -0.05) is 23.7 Å². The topological polar surface area (TPSA) is 52.7 Å². The number of urea groups is 1. The maximum absolute atomic E-state index is 12.2. The molecule has 3 amide bonds. The summed E-state index contributed by atoms with van der Waals surface area (Å²) in [6.45, 7) is 2.19. The van der Waals surface area contributed by atoms with Crippen LogP contribution in [0.1, 0.15) is 24.4 Å². The number of hydrogen-bond acceptors (Lipinski definition) is 3. The van der Waals surface area contributed by atoms with Crippen molar-refractivity contribution in [2.24, 2.45) is 0 Å². The predicted octanol–water partition coefficient (Wildman–Crippen LogP) is 2.03. The molecule has 2 heterocycles. The molecule has 6 heteroatoms. The van der Waals surface area contributed by atoms with Crippen molar-refractivity contribution in [1.82, 2.24) is 15.1 Å². The van der Waals surface area contributed by atoms with Gasteiger partial charge in [0.15, 0.2) is 0 Å². The third-order valence-corrected chi connectivity index (χ3v) is 4.37. The Morgan fingerprint density at radius 1 is 1.29 bits per heavy atom. The molecule has 0 spiro atoms. The first-order valence-electron chi connectivity index (χ1n) is 7.23. The van der Waals surface area contributed by atoms with E-state index in [0.29, 0.717) is 24.7 Å². The summed E-state index contributed by atoms with van der Waals surface area (Å²) in [5, 5.41) is 3.37. The molecule has 1 N–H and O–H groups in total. The van der Waals surface area contributed by atoms with E-state index in [1.165, 1.54) is 10.5 Å². The van der Waals surface area contributed by atoms with Gasteiger partial charge in [-0.2, -0.15) is 0 Å². The first-order chi connectivity index (χ1) is 10.1. The lowest BCUT2D eigenvalue weighted by atomic mass is 10.0. The maximum atomic E-state index is 12.2. The number of nitrogens with zero attached hydrogens (tertiary/aromatic N) is 2. The van der Waals surface area contributed by atoms with Gasteiger partial charge in [-0.15, -0.1) is 0 Å². The average molecular weight is 308 g/mol. The molecule has 3 rings (SSSR count). The minimum absolute atomic E-state index is 0.120. The van der Waals surface area contributed by atoms with Gasteiger partial charge in [-0.05, 0) is 37.1 Å². The predicted molar refractivity (Wildman–Crippen MR) is 80.1 cm³/mol. The van der Waals surface area contributed by atoms with Crippen molar-refractivity contribution in [3.63, 3.8) is 0 Å². The monoisotopic (exact) mass is 307 g/mol. The summed E-state index contributed by atoms with van der Waals surface area (Å²) in [4.78, 5) is 27.2. The van der Waals surface area contributed by atoms with Gasteiger partial charge in [0.2, 0.25) is 5.91 Å². The lowest BCUT2D eigenvalue weighted by Crippen LogP contribution is -2.41. The smallest absolute Gasteiger partial charge is 0.324 e. The second-order valence-corrected chi connectivity index (χ2v) is 5.89. The summed E-state index contributed by atoms with van der Waals surface area (Å²) in [7, 11) is 0. The Labute approximate surface area is 128 Å². The number of imide groups is 1. The minimum atomic E-state index is -0.276. The largest absolute Gasteiger partial charge is 0.336 e. The summed E-state index contributed by atoms with van der Waals surface area (Å²) in [6.07, 6.45) is 2.09. The molecule has 21 heavy (non-hydrogen) atoms. The summed E-state index contributed by atoms with van der Waals surface area (Å²) in [5.41, 5.74) is 1.18. The molecule has 2 aliphatic heterocycles. The van der Waals surface area contributed by atoms with Crippen molar-refractivity contribution in [2.45, 2.75) is 18.9 Å². The van der Waals surface area contributed by atoms with Crippen molar-refractivity contribution in [3.8, 4) is 0 Å². The standard InChI is InChI=1S/C15H18ClN3O2/c16-12-5-3-11(4-6-12)13-2-1-8-18(13)10-14(20)19-9-7-17-15(19)21/h3-6,13H,1-2,7-10H2,(H,17,21)/t13-/m1/s1.